The Kier molecular flexibility index (Phi) is 1.98. The maximum absolute atomic E-state index is 6.96. The highest BCUT2D eigenvalue weighted by molar-refractivity contribution is 6.31. The van der Waals surface area contributed by atoms with Crippen LogP contribution in [-0.4, -0.2) is 21.0 Å². The second-order valence-electron chi connectivity index (χ2n) is 2.60. The van der Waals surface area contributed by atoms with Gasteiger partial charge in [-0.05, 0) is 6.07 Å². The van der Waals surface area contributed by atoms with E-state index in [2.05, 4.69) is 10.1 Å². The van der Waals surface area contributed by atoms with Gasteiger partial charge in [0.1, 0.15) is 0 Å². The molecule has 0 saturated heterocycles. The van der Waals surface area contributed by atoms with Crippen molar-refractivity contribution in [1.29, 1.82) is 5.41 Å². The SMILES string of the molecule is N=CCn1ncc2cc(Cl)cnc21. The lowest BCUT2D eigenvalue weighted by molar-refractivity contribution is 0.748. The van der Waals surface area contributed by atoms with Crippen molar-refractivity contribution in [2.45, 2.75) is 6.54 Å². The maximum atomic E-state index is 6.96. The highest BCUT2D eigenvalue weighted by Gasteiger charge is 2.02. The van der Waals surface area contributed by atoms with Gasteiger partial charge < -0.3 is 5.41 Å². The lowest BCUT2D eigenvalue weighted by atomic mass is 10.4. The average molecular weight is 195 g/mol. The average Bonchev–Trinajstić information content (AvgIpc) is 2.49. The van der Waals surface area contributed by atoms with E-state index in [-0.39, 0.29) is 0 Å². The molecule has 13 heavy (non-hydrogen) atoms. The molecule has 66 valence electrons. The lowest BCUT2D eigenvalue weighted by Gasteiger charge is -1.96. The molecule has 0 saturated carbocycles. The summed E-state index contributed by atoms with van der Waals surface area (Å²) in [7, 11) is 0. The predicted molar refractivity (Wildman–Crippen MR) is 51.3 cm³/mol. The first-order chi connectivity index (χ1) is 6.31. The van der Waals surface area contributed by atoms with Gasteiger partial charge in [-0.15, -0.1) is 0 Å². The summed E-state index contributed by atoms with van der Waals surface area (Å²) in [6, 6.07) is 1.80. The second kappa shape index (κ2) is 3.14. The summed E-state index contributed by atoms with van der Waals surface area (Å²) in [5.41, 5.74) is 0.757. The van der Waals surface area contributed by atoms with Crippen LogP contribution in [0.15, 0.2) is 18.5 Å². The van der Waals surface area contributed by atoms with Crippen LogP contribution >= 0.6 is 11.6 Å². The third-order valence-corrected chi connectivity index (χ3v) is 1.91. The van der Waals surface area contributed by atoms with Crippen molar-refractivity contribution in [2.24, 2.45) is 0 Å². The van der Waals surface area contributed by atoms with Crippen LogP contribution in [0.5, 0.6) is 0 Å². The first kappa shape index (κ1) is 8.19. The van der Waals surface area contributed by atoms with Crippen molar-refractivity contribution >= 4 is 28.8 Å². The molecule has 0 fully saturated rings. The molecular formula is C8H7ClN4. The Labute approximate surface area is 79.7 Å². The van der Waals surface area contributed by atoms with Crippen LogP contribution in [0, 0.1) is 5.41 Å². The first-order valence-electron chi connectivity index (χ1n) is 3.77. The Balaban J connectivity index is 2.61. The maximum Gasteiger partial charge on any atom is 0.158 e. The topological polar surface area (TPSA) is 54.6 Å². The molecule has 0 aliphatic carbocycles. The summed E-state index contributed by atoms with van der Waals surface area (Å²) in [4.78, 5) is 4.12. The minimum atomic E-state index is 0.443. The van der Waals surface area contributed by atoms with E-state index in [1.165, 1.54) is 6.21 Å². The van der Waals surface area contributed by atoms with E-state index in [0.717, 1.165) is 11.0 Å². The Bertz CT molecular complexity index is 448. The fraction of sp³-hybridized carbons (Fsp3) is 0.125. The number of aromatic nitrogens is 3. The molecule has 2 aromatic heterocycles. The molecule has 4 nitrogen and oxygen atoms in total. The minimum Gasteiger partial charge on any atom is -0.311 e. The van der Waals surface area contributed by atoms with Crippen molar-refractivity contribution in [1.82, 2.24) is 14.8 Å². The first-order valence-corrected chi connectivity index (χ1v) is 4.15. The summed E-state index contributed by atoms with van der Waals surface area (Å²) in [6.07, 6.45) is 4.55. The third kappa shape index (κ3) is 1.40. The molecule has 2 rings (SSSR count). The van der Waals surface area contributed by atoms with E-state index in [9.17, 15) is 0 Å². The minimum absolute atomic E-state index is 0.443. The van der Waals surface area contributed by atoms with Crippen LogP contribution in [0.3, 0.4) is 0 Å². The molecule has 0 aromatic carbocycles. The molecule has 1 N–H and O–H groups in total. The number of fused-ring (bicyclic) bond motifs is 1. The van der Waals surface area contributed by atoms with Gasteiger partial charge in [0.2, 0.25) is 0 Å². The van der Waals surface area contributed by atoms with Gasteiger partial charge in [-0.3, -0.25) is 0 Å². The van der Waals surface area contributed by atoms with Gasteiger partial charge in [0.15, 0.2) is 5.65 Å². The molecule has 0 amide bonds. The van der Waals surface area contributed by atoms with E-state index in [1.54, 1.807) is 23.1 Å². The Morgan fingerprint density at radius 3 is 3.15 bits per heavy atom. The smallest absolute Gasteiger partial charge is 0.158 e. The predicted octanol–water partition coefficient (Wildman–Crippen LogP) is 1.73. The zero-order valence-electron chi connectivity index (χ0n) is 6.74. The summed E-state index contributed by atoms with van der Waals surface area (Å²) < 4.78 is 1.65. The number of hydrogen-bond acceptors (Lipinski definition) is 3. The van der Waals surface area contributed by atoms with Crippen LogP contribution in [0.25, 0.3) is 11.0 Å². The van der Waals surface area contributed by atoms with Gasteiger partial charge in [-0.2, -0.15) is 5.10 Å². The molecule has 0 unspecified atom stereocenters. The third-order valence-electron chi connectivity index (χ3n) is 1.71. The lowest BCUT2D eigenvalue weighted by Crippen LogP contribution is -2.00. The zero-order chi connectivity index (χ0) is 9.26. The van der Waals surface area contributed by atoms with E-state index in [0.29, 0.717) is 11.6 Å². The molecule has 0 bridgehead atoms. The molecule has 2 heterocycles. The van der Waals surface area contributed by atoms with Crippen molar-refractivity contribution in [3.05, 3.63) is 23.5 Å². The Morgan fingerprint density at radius 2 is 2.38 bits per heavy atom. The van der Waals surface area contributed by atoms with Crippen molar-refractivity contribution < 1.29 is 0 Å². The van der Waals surface area contributed by atoms with E-state index in [1.807, 2.05) is 0 Å². The highest BCUT2D eigenvalue weighted by Crippen LogP contribution is 2.15. The van der Waals surface area contributed by atoms with E-state index < -0.39 is 0 Å². The molecule has 0 aliphatic rings. The molecule has 0 spiro atoms. The molecule has 5 heteroatoms. The summed E-state index contributed by atoms with van der Waals surface area (Å²) >= 11 is 5.76. The summed E-state index contributed by atoms with van der Waals surface area (Å²) in [6.45, 7) is 0.443. The molecular weight excluding hydrogens is 188 g/mol. The standard InChI is InChI=1S/C8H7ClN4/c9-7-3-6-4-12-13(2-1-10)8(6)11-5-7/h1,3-5,10H,2H2. The largest absolute Gasteiger partial charge is 0.311 e. The van der Waals surface area contributed by atoms with Crippen LogP contribution in [0.4, 0.5) is 0 Å². The van der Waals surface area contributed by atoms with Crippen LogP contribution < -0.4 is 0 Å². The van der Waals surface area contributed by atoms with Gasteiger partial charge in [-0.1, -0.05) is 11.6 Å². The van der Waals surface area contributed by atoms with Gasteiger partial charge in [0.05, 0.1) is 17.8 Å². The number of rotatable bonds is 2. The van der Waals surface area contributed by atoms with Crippen molar-refractivity contribution in [3.63, 3.8) is 0 Å². The molecule has 0 aliphatic heterocycles. The van der Waals surface area contributed by atoms with Gasteiger partial charge in [-0.25, -0.2) is 9.67 Å². The van der Waals surface area contributed by atoms with E-state index >= 15 is 0 Å². The molecule has 0 atom stereocenters. The molecule has 2 aromatic rings. The van der Waals surface area contributed by atoms with Crippen molar-refractivity contribution in [2.75, 3.05) is 0 Å². The summed E-state index contributed by atoms with van der Waals surface area (Å²) in [5.74, 6) is 0. The van der Waals surface area contributed by atoms with Gasteiger partial charge in [0.25, 0.3) is 0 Å². The Hall–Kier alpha value is -1.42. The second-order valence-corrected chi connectivity index (χ2v) is 3.03. The fourth-order valence-corrected chi connectivity index (χ4v) is 1.33. The number of nitrogens with zero attached hydrogens (tertiary/aromatic N) is 3. The van der Waals surface area contributed by atoms with Crippen LogP contribution in [0.2, 0.25) is 5.02 Å². The number of nitrogens with one attached hydrogen (secondary N) is 1. The summed E-state index contributed by atoms with van der Waals surface area (Å²) in [5, 5.41) is 12.5. The van der Waals surface area contributed by atoms with Gasteiger partial charge >= 0.3 is 0 Å². The van der Waals surface area contributed by atoms with Gasteiger partial charge in [0, 0.05) is 17.8 Å². The van der Waals surface area contributed by atoms with Crippen molar-refractivity contribution in [3.8, 4) is 0 Å². The highest BCUT2D eigenvalue weighted by atomic mass is 35.5. The number of hydrogen-bond donors (Lipinski definition) is 1. The van der Waals surface area contributed by atoms with E-state index in [4.69, 9.17) is 17.0 Å². The number of halogens is 1. The number of pyridine rings is 1. The zero-order valence-corrected chi connectivity index (χ0v) is 7.49. The van der Waals surface area contributed by atoms with Crippen LogP contribution in [-0.2, 0) is 6.54 Å². The Morgan fingerprint density at radius 1 is 1.54 bits per heavy atom. The quantitative estimate of drug-likeness (QED) is 0.741. The molecule has 0 radical (unpaired) electrons. The monoisotopic (exact) mass is 194 g/mol. The normalized spacial score (nSPS) is 10.5. The van der Waals surface area contributed by atoms with Crippen LogP contribution in [0.1, 0.15) is 0 Å². The fourth-order valence-electron chi connectivity index (χ4n) is 1.17.